The SMILES string of the molecule is CC(=Nc1cc(C(C)(C)C)cc(C(C)(C)C)c1O)C1=C(O)c2ccccc2C1=O. The largest absolute Gasteiger partial charge is 0.506 e. The first-order valence-electron chi connectivity index (χ1n) is 9.83. The van der Waals surface area contributed by atoms with Crippen molar-refractivity contribution in [1.29, 1.82) is 0 Å². The molecule has 1 aliphatic carbocycles. The van der Waals surface area contributed by atoms with Gasteiger partial charge in [-0.05, 0) is 29.4 Å². The number of rotatable bonds is 2. The van der Waals surface area contributed by atoms with Crippen molar-refractivity contribution in [3.63, 3.8) is 0 Å². The van der Waals surface area contributed by atoms with E-state index in [9.17, 15) is 15.0 Å². The van der Waals surface area contributed by atoms with E-state index < -0.39 is 0 Å². The first-order chi connectivity index (χ1) is 13.3. The minimum Gasteiger partial charge on any atom is -0.506 e. The smallest absolute Gasteiger partial charge is 0.199 e. The summed E-state index contributed by atoms with van der Waals surface area (Å²) < 4.78 is 0. The van der Waals surface area contributed by atoms with Gasteiger partial charge in [0.15, 0.2) is 5.78 Å². The molecule has 0 fully saturated rings. The lowest BCUT2D eigenvalue weighted by atomic mass is 9.79. The molecule has 2 aromatic rings. The second kappa shape index (κ2) is 6.87. The molecule has 0 spiro atoms. The third kappa shape index (κ3) is 3.71. The van der Waals surface area contributed by atoms with E-state index in [0.29, 0.717) is 22.5 Å². The lowest BCUT2D eigenvalue weighted by Crippen LogP contribution is -2.16. The lowest BCUT2D eigenvalue weighted by molar-refractivity contribution is 0.104. The van der Waals surface area contributed by atoms with Gasteiger partial charge in [0.05, 0.1) is 11.3 Å². The lowest BCUT2D eigenvalue weighted by Gasteiger charge is -2.26. The Kier molecular flexibility index (Phi) is 4.94. The number of aliphatic imine (C=N–C) groups is 1. The predicted molar refractivity (Wildman–Crippen MR) is 119 cm³/mol. The summed E-state index contributed by atoms with van der Waals surface area (Å²) in [5.74, 6) is -0.205. The molecule has 0 aromatic heterocycles. The molecule has 0 unspecified atom stereocenters. The van der Waals surface area contributed by atoms with E-state index in [-0.39, 0.29) is 33.7 Å². The predicted octanol–water partition coefficient (Wildman–Crippen LogP) is 6.25. The molecule has 0 aliphatic heterocycles. The maximum absolute atomic E-state index is 12.8. The van der Waals surface area contributed by atoms with Crippen LogP contribution < -0.4 is 0 Å². The second-order valence-corrected chi connectivity index (χ2v) is 9.69. The number of allylic oxidation sites excluding steroid dienone is 1. The molecule has 4 heteroatoms. The molecule has 2 N–H and O–H groups in total. The van der Waals surface area contributed by atoms with Crippen molar-refractivity contribution in [2.75, 3.05) is 0 Å². The summed E-state index contributed by atoms with van der Waals surface area (Å²) in [6, 6.07) is 10.9. The van der Waals surface area contributed by atoms with Gasteiger partial charge in [-0.3, -0.25) is 4.79 Å². The highest BCUT2D eigenvalue weighted by Gasteiger charge is 2.31. The van der Waals surface area contributed by atoms with E-state index in [1.165, 1.54) is 0 Å². The maximum atomic E-state index is 12.8. The number of aromatic hydroxyl groups is 1. The monoisotopic (exact) mass is 391 g/mol. The second-order valence-electron chi connectivity index (χ2n) is 9.69. The summed E-state index contributed by atoms with van der Waals surface area (Å²) in [5.41, 5.74) is 3.40. The molecule has 0 heterocycles. The van der Waals surface area contributed by atoms with Crippen LogP contribution in [0.1, 0.15) is 75.5 Å². The fourth-order valence-corrected chi connectivity index (χ4v) is 3.55. The minimum absolute atomic E-state index is 0.0608. The molecule has 152 valence electrons. The Hall–Kier alpha value is -2.88. The van der Waals surface area contributed by atoms with E-state index in [4.69, 9.17) is 0 Å². The summed E-state index contributed by atoms with van der Waals surface area (Å²) in [4.78, 5) is 17.4. The molecule has 0 radical (unpaired) electrons. The number of Topliss-reactive ketones (excluding diaryl/α,β-unsaturated/α-hetero) is 1. The van der Waals surface area contributed by atoms with Crippen molar-refractivity contribution < 1.29 is 15.0 Å². The van der Waals surface area contributed by atoms with Crippen molar-refractivity contribution in [1.82, 2.24) is 0 Å². The molecule has 0 saturated carbocycles. The van der Waals surface area contributed by atoms with Crippen LogP contribution in [-0.4, -0.2) is 21.7 Å². The van der Waals surface area contributed by atoms with Crippen LogP contribution >= 0.6 is 0 Å². The number of phenolic OH excluding ortho intramolecular Hbond substituents is 1. The van der Waals surface area contributed by atoms with Gasteiger partial charge in [0.1, 0.15) is 17.2 Å². The van der Waals surface area contributed by atoms with Crippen LogP contribution in [0.3, 0.4) is 0 Å². The summed E-state index contributed by atoms with van der Waals surface area (Å²) >= 11 is 0. The standard InChI is InChI=1S/C25H29NO3/c1-14(20-21(27)16-10-8-9-11-17(16)22(20)28)26-19-13-15(24(2,3)4)12-18(23(19)29)25(5,6)7/h8-13,27,29H,1-7H3. The molecule has 29 heavy (non-hydrogen) atoms. The number of aliphatic hydroxyl groups is 1. The molecule has 0 atom stereocenters. The van der Waals surface area contributed by atoms with Crippen molar-refractivity contribution in [3.05, 3.63) is 64.2 Å². The summed E-state index contributed by atoms with van der Waals surface area (Å²) in [6.07, 6.45) is 0. The molecular formula is C25H29NO3. The Morgan fingerprint density at radius 2 is 1.48 bits per heavy atom. The topological polar surface area (TPSA) is 69.9 Å². The van der Waals surface area contributed by atoms with Gasteiger partial charge in [-0.15, -0.1) is 0 Å². The number of benzene rings is 2. The van der Waals surface area contributed by atoms with Gasteiger partial charge in [0, 0.05) is 16.7 Å². The van der Waals surface area contributed by atoms with Gasteiger partial charge in [-0.1, -0.05) is 71.9 Å². The zero-order chi connectivity index (χ0) is 21.7. The number of aliphatic hydroxyl groups excluding tert-OH is 1. The van der Waals surface area contributed by atoms with Crippen LogP contribution in [-0.2, 0) is 10.8 Å². The van der Waals surface area contributed by atoms with Gasteiger partial charge in [0.2, 0.25) is 0 Å². The number of hydrogen-bond acceptors (Lipinski definition) is 4. The number of carbonyl (C=O) groups is 1. The van der Waals surface area contributed by atoms with E-state index in [1.54, 1.807) is 31.2 Å². The molecule has 2 aromatic carbocycles. The van der Waals surface area contributed by atoms with Crippen LogP contribution in [0.2, 0.25) is 0 Å². The third-order valence-electron chi connectivity index (χ3n) is 5.30. The number of nitrogens with zero attached hydrogens (tertiary/aromatic N) is 1. The molecular weight excluding hydrogens is 362 g/mol. The first-order valence-corrected chi connectivity index (χ1v) is 9.83. The average molecular weight is 392 g/mol. The van der Waals surface area contributed by atoms with E-state index >= 15 is 0 Å². The zero-order valence-electron chi connectivity index (χ0n) is 18.2. The van der Waals surface area contributed by atoms with E-state index in [0.717, 1.165) is 11.1 Å². The van der Waals surface area contributed by atoms with E-state index in [1.807, 2.05) is 32.9 Å². The van der Waals surface area contributed by atoms with E-state index in [2.05, 4.69) is 25.8 Å². The number of fused-ring (bicyclic) bond motifs is 1. The maximum Gasteiger partial charge on any atom is 0.199 e. The van der Waals surface area contributed by atoms with Crippen LogP contribution in [0.5, 0.6) is 5.75 Å². The van der Waals surface area contributed by atoms with Gasteiger partial charge in [-0.25, -0.2) is 4.99 Å². The van der Waals surface area contributed by atoms with Crippen LogP contribution in [0.4, 0.5) is 5.69 Å². The van der Waals surface area contributed by atoms with Crippen molar-refractivity contribution in [2.45, 2.75) is 59.3 Å². The molecule has 0 bridgehead atoms. The highest BCUT2D eigenvalue weighted by atomic mass is 16.3. The highest BCUT2D eigenvalue weighted by Crippen LogP contribution is 2.42. The Balaban J connectivity index is 2.18. The Morgan fingerprint density at radius 1 is 0.897 bits per heavy atom. The highest BCUT2D eigenvalue weighted by molar-refractivity contribution is 6.35. The third-order valence-corrected chi connectivity index (χ3v) is 5.30. The Bertz CT molecular complexity index is 1060. The van der Waals surface area contributed by atoms with Gasteiger partial charge in [-0.2, -0.15) is 0 Å². The normalized spacial score (nSPS) is 15.1. The summed E-state index contributed by atoms with van der Waals surface area (Å²) in [7, 11) is 0. The average Bonchev–Trinajstić information content (AvgIpc) is 2.86. The molecule has 0 saturated heterocycles. The van der Waals surface area contributed by atoms with Crippen molar-refractivity contribution in [2.24, 2.45) is 4.99 Å². The minimum atomic E-state index is -0.273. The molecule has 3 rings (SSSR count). The van der Waals surface area contributed by atoms with Gasteiger partial charge < -0.3 is 10.2 Å². The summed E-state index contributed by atoms with van der Waals surface area (Å²) in [6.45, 7) is 14.1. The van der Waals surface area contributed by atoms with Gasteiger partial charge in [0.25, 0.3) is 0 Å². The van der Waals surface area contributed by atoms with Crippen LogP contribution in [0, 0.1) is 0 Å². The Morgan fingerprint density at radius 3 is 2.00 bits per heavy atom. The quantitative estimate of drug-likeness (QED) is 0.595. The number of hydrogen-bond donors (Lipinski definition) is 2. The van der Waals surface area contributed by atoms with Crippen LogP contribution in [0.25, 0.3) is 5.76 Å². The number of ketones is 1. The fourth-order valence-electron chi connectivity index (χ4n) is 3.55. The van der Waals surface area contributed by atoms with Crippen LogP contribution in [0.15, 0.2) is 47.0 Å². The molecule has 4 nitrogen and oxygen atoms in total. The fraction of sp³-hybridized carbons (Fsp3) is 0.360. The number of phenols is 1. The summed E-state index contributed by atoms with van der Waals surface area (Å²) in [5, 5.41) is 21.6. The van der Waals surface area contributed by atoms with Crippen molar-refractivity contribution in [3.8, 4) is 5.75 Å². The first kappa shape index (κ1) is 20.8. The molecule has 1 aliphatic rings. The zero-order valence-corrected chi connectivity index (χ0v) is 18.2. The van der Waals surface area contributed by atoms with Gasteiger partial charge >= 0.3 is 0 Å². The van der Waals surface area contributed by atoms with Crippen molar-refractivity contribution >= 4 is 22.9 Å². The number of carbonyl (C=O) groups excluding carboxylic acids is 1. The Labute approximate surface area is 172 Å². The molecule has 0 amide bonds.